The lowest BCUT2D eigenvalue weighted by Crippen LogP contribution is -2.21. The van der Waals surface area contributed by atoms with Crippen LogP contribution in [-0.4, -0.2) is 22.1 Å². The Morgan fingerprint density at radius 3 is 2.91 bits per heavy atom. The number of hydrogen-bond donors (Lipinski definition) is 3. The molecule has 7 nitrogen and oxygen atoms in total. The van der Waals surface area contributed by atoms with Crippen LogP contribution in [0.3, 0.4) is 0 Å². The first kappa shape index (κ1) is 14.1. The highest BCUT2D eigenvalue weighted by Gasteiger charge is 2.27. The monoisotopic (exact) mass is 329 g/mol. The van der Waals surface area contributed by atoms with E-state index in [-0.39, 0.29) is 11.9 Å². The van der Waals surface area contributed by atoms with Crippen LogP contribution < -0.4 is 16.0 Å². The number of aryl methyl sites for hydroxylation is 1. The third-order valence-electron chi connectivity index (χ3n) is 3.85. The number of amides is 3. The Labute approximate surface area is 136 Å². The van der Waals surface area contributed by atoms with Crippen LogP contribution in [0, 0.1) is 0 Å². The number of aromatic nitrogens is 2. The Kier molecular flexibility index (Phi) is 3.45. The maximum atomic E-state index is 12.0. The number of nitrogens with one attached hydrogen (secondary N) is 3. The van der Waals surface area contributed by atoms with E-state index in [0.29, 0.717) is 29.6 Å². The summed E-state index contributed by atoms with van der Waals surface area (Å²) in [7, 11) is 0. The van der Waals surface area contributed by atoms with E-state index < -0.39 is 0 Å². The number of anilines is 3. The van der Waals surface area contributed by atoms with Crippen molar-refractivity contribution in [3.05, 3.63) is 28.8 Å². The molecule has 4 rings (SSSR count). The third-order valence-corrected chi connectivity index (χ3v) is 4.85. The highest BCUT2D eigenvalue weighted by molar-refractivity contribution is 7.15. The summed E-state index contributed by atoms with van der Waals surface area (Å²) in [6.45, 7) is 0. The van der Waals surface area contributed by atoms with E-state index in [1.54, 1.807) is 12.1 Å². The van der Waals surface area contributed by atoms with Gasteiger partial charge in [0.1, 0.15) is 5.01 Å². The molecule has 1 saturated carbocycles. The van der Waals surface area contributed by atoms with E-state index in [9.17, 15) is 9.59 Å². The van der Waals surface area contributed by atoms with Crippen molar-refractivity contribution in [2.45, 2.75) is 31.6 Å². The molecule has 8 heteroatoms. The second kappa shape index (κ2) is 5.62. The lowest BCUT2D eigenvalue weighted by molar-refractivity contribution is -0.116. The molecule has 3 amide bonds. The zero-order chi connectivity index (χ0) is 15.8. The first-order valence-electron chi connectivity index (χ1n) is 7.51. The average molecular weight is 329 g/mol. The van der Waals surface area contributed by atoms with E-state index in [1.807, 2.05) is 6.07 Å². The lowest BCUT2D eigenvalue weighted by atomic mass is 10.0. The molecule has 23 heavy (non-hydrogen) atoms. The molecular formula is C15H15N5O2S. The zero-order valence-electron chi connectivity index (χ0n) is 12.3. The summed E-state index contributed by atoms with van der Waals surface area (Å²) in [5.74, 6) is 0.556. The van der Waals surface area contributed by atoms with Crippen LogP contribution >= 0.6 is 11.3 Å². The zero-order valence-corrected chi connectivity index (χ0v) is 13.1. The second-order valence-electron chi connectivity index (χ2n) is 5.72. The smallest absolute Gasteiger partial charge is 0.325 e. The van der Waals surface area contributed by atoms with Crippen LogP contribution in [-0.2, 0) is 11.2 Å². The summed E-state index contributed by atoms with van der Waals surface area (Å²) in [4.78, 5) is 23.4. The Bertz CT molecular complexity index is 784. The number of nitrogens with zero attached hydrogens (tertiary/aromatic N) is 2. The number of fused-ring (bicyclic) bond motifs is 1. The first-order chi connectivity index (χ1) is 11.2. The number of benzene rings is 1. The summed E-state index contributed by atoms with van der Waals surface area (Å²) < 4.78 is 0. The van der Waals surface area contributed by atoms with Gasteiger partial charge in [-0.05, 0) is 43.0 Å². The molecule has 0 bridgehead atoms. The van der Waals surface area contributed by atoms with E-state index in [2.05, 4.69) is 26.1 Å². The fraction of sp³-hybridized carbons (Fsp3) is 0.333. The predicted octanol–water partition coefficient (Wildman–Crippen LogP) is 2.94. The molecule has 0 atom stereocenters. The van der Waals surface area contributed by atoms with Crippen molar-refractivity contribution in [1.82, 2.24) is 10.2 Å². The van der Waals surface area contributed by atoms with Gasteiger partial charge in [-0.15, -0.1) is 10.2 Å². The number of urea groups is 1. The van der Waals surface area contributed by atoms with Crippen molar-refractivity contribution < 1.29 is 9.59 Å². The van der Waals surface area contributed by atoms with Gasteiger partial charge in [-0.2, -0.15) is 0 Å². The standard InChI is InChI=1S/C15H15N5O2S/c21-12-6-3-9-7-10(4-5-11(9)17-12)16-14(22)18-15-20-19-13(23-15)8-1-2-8/h4-5,7-8H,1-3,6H2,(H,17,21)(H2,16,18,20,22). The minimum atomic E-state index is -0.344. The summed E-state index contributed by atoms with van der Waals surface area (Å²) in [5.41, 5.74) is 2.52. The molecule has 2 aliphatic rings. The molecule has 1 aliphatic heterocycles. The number of rotatable bonds is 3. The summed E-state index contributed by atoms with van der Waals surface area (Å²) in [6.07, 6.45) is 3.47. The van der Waals surface area contributed by atoms with Gasteiger partial charge in [0, 0.05) is 23.7 Å². The normalized spacial score (nSPS) is 16.4. The van der Waals surface area contributed by atoms with Crippen molar-refractivity contribution in [2.24, 2.45) is 0 Å². The third kappa shape index (κ3) is 3.16. The quantitative estimate of drug-likeness (QED) is 0.806. The Morgan fingerprint density at radius 2 is 2.09 bits per heavy atom. The van der Waals surface area contributed by atoms with Crippen molar-refractivity contribution in [2.75, 3.05) is 16.0 Å². The van der Waals surface area contributed by atoms with Gasteiger partial charge in [0.2, 0.25) is 11.0 Å². The highest BCUT2D eigenvalue weighted by atomic mass is 32.1. The molecule has 0 saturated heterocycles. The highest BCUT2D eigenvalue weighted by Crippen LogP contribution is 2.42. The molecule has 2 heterocycles. The van der Waals surface area contributed by atoms with Gasteiger partial charge in [0.05, 0.1) is 0 Å². The lowest BCUT2D eigenvalue weighted by Gasteiger charge is -2.17. The van der Waals surface area contributed by atoms with Crippen LogP contribution in [0.15, 0.2) is 18.2 Å². The van der Waals surface area contributed by atoms with Crippen molar-refractivity contribution >= 4 is 39.8 Å². The SMILES string of the molecule is O=C1CCc2cc(NC(=O)Nc3nnc(C4CC4)s3)ccc2N1. The molecular weight excluding hydrogens is 314 g/mol. The molecule has 0 spiro atoms. The molecule has 0 unspecified atom stereocenters. The topological polar surface area (TPSA) is 96.0 Å². The van der Waals surface area contributed by atoms with Gasteiger partial charge in [-0.3, -0.25) is 10.1 Å². The van der Waals surface area contributed by atoms with Crippen molar-refractivity contribution in [1.29, 1.82) is 0 Å². The summed E-state index contributed by atoms with van der Waals surface area (Å²) >= 11 is 1.42. The van der Waals surface area contributed by atoms with E-state index >= 15 is 0 Å². The van der Waals surface area contributed by atoms with Crippen LogP contribution in [0.2, 0.25) is 0 Å². The molecule has 1 aromatic carbocycles. The summed E-state index contributed by atoms with van der Waals surface area (Å²) in [5, 5.41) is 17.9. The molecule has 118 valence electrons. The maximum Gasteiger partial charge on any atom is 0.325 e. The van der Waals surface area contributed by atoms with Gasteiger partial charge in [0.15, 0.2) is 0 Å². The van der Waals surface area contributed by atoms with Crippen molar-refractivity contribution in [3.8, 4) is 0 Å². The Hall–Kier alpha value is -2.48. The van der Waals surface area contributed by atoms with E-state index in [4.69, 9.17) is 0 Å². The van der Waals surface area contributed by atoms with Gasteiger partial charge in [-0.1, -0.05) is 11.3 Å². The van der Waals surface area contributed by atoms with Gasteiger partial charge in [0.25, 0.3) is 0 Å². The van der Waals surface area contributed by atoms with E-state index in [0.717, 1.165) is 29.1 Å². The van der Waals surface area contributed by atoms with Gasteiger partial charge < -0.3 is 10.6 Å². The fourth-order valence-corrected chi connectivity index (χ4v) is 3.41. The number of carbonyl (C=O) groups excluding carboxylic acids is 2. The van der Waals surface area contributed by atoms with Crippen LogP contribution in [0.25, 0.3) is 0 Å². The van der Waals surface area contributed by atoms with Crippen LogP contribution in [0.1, 0.15) is 35.8 Å². The van der Waals surface area contributed by atoms with E-state index in [1.165, 1.54) is 11.3 Å². The van der Waals surface area contributed by atoms with Crippen LogP contribution in [0.4, 0.5) is 21.3 Å². The largest absolute Gasteiger partial charge is 0.326 e. The minimum absolute atomic E-state index is 0.0266. The van der Waals surface area contributed by atoms with Crippen LogP contribution in [0.5, 0.6) is 0 Å². The molecule has 1 aromatic heterocycles. The fourth-order valence-electron chi connectivity index (χ4n) is 2.50. The molecule has 2 aromatic rings. The summed E-state index contributed by atoms with van der Waals surface area (Å²) in [6, 6.07) is 5.10. The molecule has 3 N–H and O–H groups in total. The maximum absolute atomic E-state index is 12.0. The average Bonchev–Trinajstić information content (AvgIpc) is 3.28. The molecule has 0 radical (unpaired) electrons. The number of carbonyl (C=O) groups is 2. The number of hydrogen-bond acceptors (Lipinski definition) is 5. The second-order valence-corrected chi connectivity index (χ2v) is 6.73. The Balaban J connectivity index is 1.40. The molecule has 1 fully saturated rings. The van der Waals surface area contributed by atoms with Gasteiger partial charge >= 0.3 is 6.03 Å². The minimum Gasteiger partial charge on any atom is -0.326 e. The predicted molar refractivity (Wildman–Crippen MR) is 87.9 cm³/mol. The van der Waals surface area contributed by atoms with Crippen molar-refractivity contribution in [3.63, 3.8) is 0 Å². The molecule has 1 aliphatic carbocycles. The van der Waals surface area contributed by atoms with Gasteiger partial charge in [-0.25, -0.2) is 4.79 Å². The first-order valence-corrected chi connectivity index (χ1v) is 8.33. The Morgan fingerprint density at radius 1 is 1.22 bits per heavy atom.